The highest BCUT2D eigenvalue weighted by Gasteiger charge is 2.61. The van der Waals surface area contributed by atoms with Crippen molar-refractivity contribution in [3.05, 3.63) is 16.7 Å². The molecule has 0 aromatic carbocycles. The maximum atomic E-state index is 12.2. The summed E-state index contributed by atoms with van der Waals surface area (Å²) in [5.74, 6) is 0.0398. The Morgan fingerprint density at radius 3 is 2.72 bits per heavy atom. The van der Waals surface area contributed by atoms with Gasteiger partial charge >= 0.3 is 0 Å². The van der Waals surface area contributed by atoms with Crippen molar-refractivity contribution in [2.45, 2.75) is 84.0 Å². The number of nitrogens with zero attached hydrogens (tertiary/aromatic N) is 3. The number of H-pyrrole nitrogens is 1. The lowest BCUT2D eigenvalue weighted by molar-refractivity contribution is -0.195. The number of anilines is 1. The van der Waals surface area contributed by atoms with Gasteiger partial charge in [-0.1, -0.05) is 20.8 Å². The summed E-state index contributed by atoms with van der Waals surface area (Å²) < 4.78 is 21.1. The molecule has 0 spiro atoms. The average Bonchev–Trinajstić information content (AvgIpc) is 3.00. The number of nitrogens with two attached hydrogens (primary N) is 1. The van der Waals surface area contributed by atoms with E-state index in [1.165, 1.54) is 0 Å². The topological polar surface area (TPSA) is 117 Å². The molecule has 0 radical (unpaired) electrons. The third-order valence-corrected chi connectivity index (χ3v) is 5.32. The molecule has 29 heavy (non-hydrogen) atoms. The van der Waals surface area contributed by atoms with Gasteiger partial charge in [-0.3, -0.25) is 14.3 Å². The van der Waals surface area contributed by atoms with Crippen LogP contribution in [0.5, 0.6) is 0 Å². The van der Waals surface area contributed by atoms with Crippen molar-refractivity contribution in [1.29, 1.82) is 0 Å². The number of nitrogens with one attached hydrogen (secondary N) is 1. The van der Waals surface area contributed by atoms with Gasteiger partial charge in [-0.2, -0.15) is 4.98 Å². The second-order valence-corrected chi connectivity index (χ2v) is 10.3. The minimum absolute atomic E-state index is 0.0348. The number of rotatable bonds is 3. The number of ether oxygens (including phenoxy) is 3. The summed E-state index contributed by atoms with van der Waals surface area (Å²) in [7, 11) is 0. The molecule has 2 aliphatic rings. The molecule has 4 atom stereocenters. The van der Waals surface area contributed by atoms with Crippen molar-refractivity contribution in [3.63, 3.8) is 0 Å². The number of aromatic amines is 1. The van der Waals surface area contributed by atoms with E-state index in [-0.39, 0.29) is 40.2 Å². The van der Waals surface area contributed by atoms with Gasteiger partial charge in [0, 0.05) is 6.42 Å². The Bertz CT molecular complexity index is 970. The smallest absolute Gasteiger partial charge is 0.280 e. The summed E-state index contributed by atoms with van der Waals surface area (Å²) in [5.41, 5.74) is 5.18. The number of aromatic nitrogens is 4. The van der Waals surface area contributed by atoms with E-state index in [1.54, 1.807) is 10.9 Å². The Hall–Kier alpha value is -1.97. The van der Waals surface area contributed by atoms with Crippen LogP contribution in [-0.4, -0.2) is 49.5 Å². The fourth-order valence-electron chi connectivity index (χ4n) is 4.59. The van der Waals surface area contributed by atoms with Crippen LogP contribution in [0.3, 0.4) is 0 Å². The normalized spacial score (nSPS) is 30.2. The van der Waals surface area contributed by atoms with Gasteiger partial charge in [0.15, 0.2) is 17.4 Å². The highest BCUT2D eigenvalue weighted by Crippen LogP contribution is 2.51. The fraction of sp³-hybridized carbons (Fsp3) is 0.750. The van der Waals surface area contributed by atoms with Crippen molar-refractivity contribution in [2.24, 2.45) is 5.41 Å². The Balaban J connectivity index is 1.81. The minimum atomic E-state index is -0.508. The van der Waals surface area contributed by atoms with Crippen LogP contribution >= 0.6 is 0 Å². The predicted octanol–water partition coefficient (Wildman–Crippen LogP) is 2.38. The van der Waals surface area contributed by atoms with E-state index in [0.717, 1.165) is 12.8 Å². The Morgan fingerprint density at radius 1 is 1.34 bits per heavy atom. The molecule has 0 aliphatic carbocycles. The van der Waals surface area contributed by atoms with Crippen molar-refractivity contribution < 1.29 is 14.2 Å². The molecule has 9 nitrogen and oxygen atoms in total. The molecular formula is C20H31N5O4. The molecule has 2 unspecified atom stereocenters. The van der Waals surface area contributed by atoms with E-state index in [0.29, 0.717) is 12.3 Å². The molecule has 2 fully saturated rings. The van der Waals surface area contributed by atoms with Gasteiger partial charge in [-0.15, -0.1) is 0 Å². The van der Waals surface area contributed by atoms with Gasteiger partial charge < -0.3 is 19.9 Å². The molecule has 160 valence electrons. The number of hydrogen-bond acceptors (Lipinski definition) is 7. The molecular weight excluding hydrogens is 374 g/mol. The van der Waals surface area contributed by atoms with Crippen LogP contribution in [0.4, 0.5) is 5.95 Å². The summed E-state index contributed by atoms with van der Waals surface area (Å²) in [6, 6.07) is 0. The number of hydrogen-bond donors (Lipinski definition) is 2. The van der Waals surface area contributed by atoms with Gasteiger partial charge in [-0.25, -0.2) is 4.98 Å². The number of fused-ring (bicyclic) bond motifs is 3. The molecule has 9 heteroatoms. The quantitative estimate of drug-likeness (QED) is 0.805. The second kappa shape index (κ2) is 6.52. The van der Waals surface area contributed by atoms with E-state index in [9.17, 15) is 4.79 Å². The monoisotopic (exact) mass is 405 g/mol. The SMILES string of the molecule is CC(C)(C)C[C@]12CCOC(C1OC(C)(C)C)[C@H](n1cnc3c(=O)[nH]c(N)nc31)O2. The molecule has 0 amide bonds. The van der Waals surface area contributed by atoms with Crippen molar-refractivity contribution in [1.82, 2.24) is 19.5 Å². The van der Waals surface area contributed by atoms with Gasteiger partial charge in [-0.05, 0) is 32.6 Å². The highest BCUT2D eigenvalue weighted by atomic mass is 16.6. The first-order valence-electron chi connectivity index (χ1n) is 10.1. The van der Waals surface area contributed by atoms with E-state index >= 15 is 0 Å². The first kappa shape index (κ1) is 20.3. The lowest BCUT2D eigenvalue weighted by Gasteiger charge is -2.44. The summed E-state index contributed by atoms with van der Waals surface area (Å²) in [5, 5.41) is 0. The molecule has 0 saturated carbocycles. The standard InChI is InChI=1S/C20H31N5O4/c1-18(2,3)9-20-7-8-27-12(13(20)28-19(4,5)6)16(29-20)25-10-22-11-14(25)23-17(21)24-15(11)26/h10,12-13,16H,7-9H2,1-6H3,(H3,21,23,24,26)/t12?,13?,16-,20-/m1/s1. The van der Waals surface area contributed by atoms with Crippen LogP contribution in [0, 0.1) is 5.41 Å². The maximum absolute atomic E-state index is 12.2. The zero-order valence-corrected chi connectivity index (χ0v) is 18.0. The largest absolute Gasteiger partial charge is 0.371 e. The number of imidazole rings is 1. The van der Waals surface area contributed by atoms with Crippen LogP contribution in [0.25, 0.3) is 11.2 Å². The van der Waals surface area contributed by atoms with Crippen molar-refractivity contribution in [3.8, 4) is 0 Å². The Labute approximate surface area is 169 Å². The third-order valence-electron chi connectivity index (χ3n) is 5.32. The molecule has 2 aromatic heterocycles. The zero-order valence-electron chi connectivity index (χ0n) is 18.0. The Kier molecular flexibility index (Phi) is 4.56. The molecule has 2 aromatic rings. The van der Waals surface area contributed by atoms with Crippen molar-refractivity contribution >= 4 is 17.1 Å². The van der Waals surface area contributed by atoms with E-state index < -0.39 is 11.8 Å². The van der Waals surface area contributed by atoms with Gasteiger partial charge in [0.2, 0.25) is 5.95 Å². The summed E-state index contributed by atoms with van der Waals surface area (Å²) in [4.78, 5) is 23.2. The van der Waals surface area contributed by atoms with Gasteiger partial charge in [0.1, 0.15) is 17.8 Å². The first-order valence-corrected chi connectivity index (χ1v) is 10.1. The first-order chi connectivity index (χ1) is 13.4. The average molecular weight is 405 g/mol. The summed E-state index contributed by atoms with van der Waals surface area (Å²) in [6.07, 6.45) is 2.02. The second-order valence-electron chi connectivity index (χ2n) is 10.3. The van der Waals surface area contributed by atoms with Crippen LogP contribution in [0.15, 0.2) is 11.1 Å². The molecule has 3 N–H and O–H groups in total. The lowest BCUT2D eigenvalue weighted by Crippen LogP contribution is -2.54. The predicted molar refractivity (Wildman–Crippen MR) is 108 cm³/mol. The third kappa shape index (κ3) is 3.67. The molecule has 2 aliphatic heterocycles. The minimum Gasteiger partial charge on any atom is -0.371 e. The molecule has 4 heterocycles. The van der Waals surface area contributed by atoms with Crippen LogP contribution in [0.1, 0.15) is 60.6 Å². The summed E-state index contributed by atoms with van der Waals surface area (Å²) >= 11 is 0. The molecule has 4 rings (SSSR count). The van der Waals surface area contributed by atoms with Crippen LogP contribution in [-0.2, 0) is 14.2 Å². The highest BCUT2D eigenvalue weighted by molar-refractivity contribution is 5.70. The molecule has 2 saturated heterocycles. The maximum Gasteiger partial charge on any atom is 0.280 e. The van der Waals surface area contributed by atoms with E-state index in [1.807, 2.05) is 20.8 Å². The lowest BCUT2D eigenvalue weighted by atomic mass is 9.76. The van der Waals surface area contributed by atoms with Gasteiger partial charge in [0.25, 0.3) is 5.56 Å². The van der Waals surface area contributed by atoms with Crippen molar-refractivity contribution in [2.75, 3.05) is 12.3 Å². The zero-order chi connectivity index (χ0) is 21.2. The van der Waals surface area contributed by atoms with Crippen LogP contribution < -0.4 is 11.3 Å². The molecule has 2 bridgehead atoms. The fourth-order valence-corrected chi connectivity index (χ4v) is 4.59. The number of nitrogen functional groups attached to an aromatic ring is 1. The van der Waals surface area contributed by atoms with E-state index in [4.69, 9.17) is 19.9 Å². The van der Waals surface area contributed by atoms with E-state index in [2.05, 4.69) is 35.7 Å². The van der Waals surface area contributed by atoms with Crippen LogP contribution in [0.2, 0.25) is 0 Å². The summed E-state index contributed by atoms with van der Waals surface area (Å²) in [6.45, 7) is 13.3. The van der Waals surface area contributed by atoms with Gasteiger partial charge in [0.05, 0.1) is 18.5 Å². The Morgan fingerprint density at radius 2 is 2.07 bits per heavy atom.